The van der Waals surface area contributed by atoms with Crippen LogP contribution >= 0.6 is 23.2 Å². The van der Waals surface area contributed by atoms with Crippen molar-refractivity contribution in [2.24, 2.45) is 10.2 Å². The van der Waals surface area contributed by atoms with E-state index >= 15 is 0 Å². The van der Waals surface area contributed by atoms with Gasteiger partial charge in [0.2, 0.25) is 0 Å². The lowest BCUT2D eigenvalue weighted by Crippen LogP contribution is -1.96. The average molecular weight is 349 g/mol. The lowest BCUT2D eigenvalue weighted by molar-refractivity contribution is 0.475. The lowest BCUT2D eigenvalue weighted by atomic mass is 10.1. The quantitative estimate of drug-likeness (QED) is 0.593. The third-order valence-electron chi connectivity index (χ3n) is 3.08. The molecular formula is C15H10Cl2N4O2. The van der Waals surface area contributed by atoms with Crippen LogP contribution < -0.4 is 5.56 Å². The van der Waals surface area contributed by atoms with Crippen LogP contribution in [-0.4, -0.2) is 15.3 Å². The molecule has 0 aliphatic carbocycles. The zero-order valence-electron chi connectivity index (χ0n) is 11.5. The summed E-state index contributed by atoms with van der Waals surface area (Å²) in [5.74, 6) is 0.130. The summed E-state index contributed by atoms with van der Waals surface area (Å²) in [6.45, 7) is 0. The van der Waals surface area contributed by atoms with Gasteiger partial charge in [0.15, 0.2) is 5.69 Å². The first-order chi connectivity index (χ1) is 11.0. The molecule has 2 aromatic carbocycles. The fourth-order valence-corrected chi connectivity index (χ4v) is 2.23. The minimum absolute atomic E-state index is 0.127. The van der Waals surface area contributed by atoms with Gasteiger partial charge in [-0.1, -0.05) is 23.2 Å². The maximum atomic E-state index is 11.9. The van der Waals surface area contributed by atoms with Crippen LogP contribution in [0.5, 0.6) is 5.75 Å². The Balaban J connectivity index is 1.98. The lowest BCUT2D eigenvalue weighted by Gasteiger charge is -1.99. The minimum atomic E-state index is -0.406. The summed E-state index contributed by atoms with van der Waals surface area (Å²) in [6.07, 6.45) is 0. The molecule has 0 spiro atoms. The molecule has 116 valence electrons. The zero-order valence-corrected chi connectivity index (χ0v) is 13.1. The molecule has 8 heteroatoms. The van der Waals surface area contributed by atoms with Crippen LogP contribution in [-0.2, 0) is 0 Å². The second-order valence-corrected chi connectivity index (χ2v) is 5.46. The van der Waals surface area contributed by atoms with Crippen LogP contribution in [0.3, 0.4) is 0 Å². The van der Waals surface area contributed by atoms with Crippen LogP contribution in [0.1, 0.15) is 0 Å². The van der Waals surface area contributed by atoms with E-state index in [0.717, 1.165) is 0 Å². The number of H-pyrrole nitrogens is 2. The molecule has 0 saturated heterocycles. The molecule has 0 bridgehead atoms. The number of phenolic OH excluding ortho intramolecular Hbond substituents is 1. The van der Waals surface area contributed by atoms with E-state index < -0.39 is 5.56 Å². The Morgan fingerprint density at radius 3 is 2.35 bits per heavy atom. The average Bonchev–Trinajstić information content (AvgIpc) is 2.90. The van der Waals surface area contributed by atoms with Crippen LogP contribution in [0.15, 0.2) is 57.5 Å². The van der Waals surface area contributed by atoms with E-state index in [2.05, 4.69) is 20.4 Å². The molecule has 0 saturated carbocycles. The molecule has 0 radical (unpaired) electrons. The highest BCUT2D eigenvalue weighted by Gasteiger charge is 2.11. The summed E-state index contributed by atoms with van der Waals surface area (Å²) in [6, 6.07) is 11.1. The van der Waals surface area contributed by atoms with Gasteiger partial charge < -0.3 is 5.11 Å². The number of halogens is 2. The Morgan fingerprint density at radius 2 is 1.65 bits per heavy atom. The third kappa shape index (κ3) is 3.28. The Bertz CT molecular complexity index is 929. The topological polar surface area (TPSA) is 93.6 Å². The first-order valence-corrected chi connectivity index (χ1v) is 7.27. The molecule has 1 aromatic heterocycles. The van der Waals surface area contributed by atoms with Crippen molar-refractivity contribution >= 4 is 34.6 Å². The van der Waals surface area contributed by atoms with Gasteiger partial charge in [0.25, 0.3) is 5.56 Å². The number of hydrogen-bond donors (Lipinski definition) is 3. The number of phenols is 1. The third-order valence-corrected chi connectivity index (χ3v) is 3.82. The van der Waals surface area contributed by atoms with Crippen molar-refractivity contribution in [3.8, 4) is 17.0 Å². The van der Waals surface area contributed by atoms with Gasteiger partial charge >= 0.3 is 0 Å². The molecule has 0 amide bonds. The molecule has 23 heavy (non-hydrogen) atoms. The van der Waals surface area contributed by atoms with Gasteiger partial charge in [-0.2, -0.15) is 5.11 Å². The van der Waals surface area contributed by atoms with Crippen molar-refractivity contribution in [1.29, 1.82) is 0 Å². The number of azo groups is 1. The van der Waals surface area contributed by atoms with E-state index in [1.54, 1.807) is 30.3 Å². The molecule has 0 aliphatic rings. The van der Waals surface area contributed by atoms with Crippen molar-refractivity contribution in [2.45, 2.75) is 0 Å². The smallest absolute Gasteiger partial charge is 0.292 e. The molecule has 3 aromatic rings. The summed E-state index contributed by atoms with van der Waals surface area (Å²) in [5.41, 5.74) is 1.35. The largest absolute Gasteiger partial charge is 0.508 e. The molecule has 1 heterocycles. The summed E-state index contributed by atoms with van der Waals surface area (Å²) >= 11 is 11.8. The van der Waals surface area contributed by atoms with E-state index in [1.807, 2.05) is 0 Å². The van der Waals surface area contributed by atoms with E-state index in [-0.39, 0.29) is 11.4 Å². The molecule has 6 nitrogen and oxygen atoms in total. The van der Waals surface area contributed by atoms with E-state index in [4.69, 9.17) is 23.2 Å². The fraction of sp³-hybridized carbons (Fsp3) is 0. The number of hydrogen-bond acceptors (Lipinski definition) is 4. The van der Waals surface area contributed by atoms with Crippen molar-refractivity contribution in [2.75, 3.05) is 0 Å². The second kappa shape index (κ2) is 6.28. The van der Waals surface area contributed by atoms with Gasteiger partial charge in [0.1, 0.15) is 5.75 Å². The molecule has 0 atom stereocenters. The number of nitrogens with zero attached hydrogens (tertiary/aromatic N) is 2. The van der Waals surface area contributed by atoms with Crippen LogP contribution in [0, 0.1) is 0 Å². The zero-order chi connectivity index (χ0) is 16.4. The molecule has 0 aliphatic heterocycles. The molecule has 3 rings (SSSR count). The van der Waals surface area contributed by atoms with Gasteiger partial charge in [0, 0.05) is 5.56 Å². The fourth-order valence-electron chi connectivity index (χ4n) is 1.94. The highest BCUT2D eigenvalue weighted by atomic mass is 35.5. The van der Waals surface area contributed by atoms with Crippen molar-refractivity contribution in [1.82, 2.24) is 10.2 Å². The van der Waals surface area contributed by atoms with Gasteiger partial charge in [-0.05, 0) is 42.5 Å². The number of aromatic nitrogens is 2. The van der Waals surface area contributed by atoms with Crippen LogP contribution in [0.25, 0.3) is 11.3 Å². The van der Waals surface area contributed by atoms with Crippen molar-refractivity contribution < 1.29 is 5.11 Å². The Morgan fingerprint density at radius 1 is 0.913 bits per heavy atom. The van der Waals surface area contributed by atoms with Gasteiger partial charge in [0.05, 0.1) is 21.4 Å². The van der Waals surface area contributed by atoms with Crippen LogP contribution in [0.2, 0.25) is 10.0 Å². The highest BCUT2D eigenvalue weighted by molar-refractivity contribution is 6.42. The summed E-state index contributed by atoms with van der Waals surface area (Å²) in [7, 11) is 0. The number of rotatable bonds is 3. The molecule has 0 unspecified atom stereocenters. The standard InChI is InChI=1S/C15H10Cl2N4O2/c16-11-6-3-9(7-12(11)17)18-20-14-13(19-21-15(14)23)8-1-4-10(22)5-2-8/h1-7,22H,(H2,19,21,23). The summed E-state index contributed by atoms with van der Waals surface area (Å²) in [5, 5.41) is 23.3. The SMILES string of the molecule is O=c1[nH][nH]c(-c2ccc(O)cc2)c1N=Nc1ccc(Cl)c(Cl)c1. The summed E-state index contributed by atoms with van der Waals surface area (Å²) < 4.78 is 0. The number of aromatic hydroxyl groups is 1. The van der Waals surface area contributed by atoms with E-state index in [1.165, 1.54) is 12.1 Å². The Kier molecular flexibility index (Phi) is 4.18. The maximum Gasteiger partial charge on any atom is 0.292 e. The van der Waals surface area contributed by atoms with E-state index in [9.17, 15) is 9.90 Å². The maximum absolute atomic E-state index is 11.9. The number of benzene rings is 2. The molecular weight excluding hydrogens is 339 g/mol. The van der Waals surface area contributed by atoms with Gasteiger partial charge in [-0.15, -0.1) is 5.11 Å². The summed E-state index contributed by atoms with van der Waals surface area (Å²) in [4.78, 5) is 11.9. The normalized spacial score (nSPS) is 11.2. The second-order valence-electron chi connectivity index (χ2n) is 4.65. The molecule has 0 fully saturated rings. The highest BCUT2D eigenvalue weighted by Crippen LogP contribution is 2.30. The number of aromatic amines is 2. The van der Waals surface area contributed by atoms with Crippen molar-refractivity contribution in [3.63, 3.8) is 0 Å². The van der Waals surface area contributed by atoms with Gasteiger partial charge in [-0.25, -0.2) is 0 Å². The predicted molar refractivity (Wildman–Crippen MR) is 89.2 cm³/mol. The Hall–Kier alpha value is -2.57. The molecule has 3 N–H and O–H groups in total. The minimum Gasteiger partial charge on any atom is -0.508 e. The Labute approximate surface area is 140 Å². The van der Waals surface area contributed by atoms with Gasteiger partial charge in [-0.3, -0.25) is 15.0 Å². The van der Waals surface area contributed by atoms with Crippen LogP contribution in [0.4, 0.5) is 11.4 Å². The van der Waals surface area contributed by atoms with Crippen molar-refractivity contribution in [3.05, 3.63) is 62.9 Å². The van der Waals surface area contributed by atoms with E-state index in [0.29, 0.717) is 27.0 Å². The predicted octanol–water partition coefficient (Wildman–Crippen LogP) is 4.80. The monoisotopic (exact) mass is 348 g/mol. The number of nitrogens with one attached hydrogen (secondary N) is 2. The first kappa shape index (κ1) is 15.3. The first-order valence-electron chi connectivity index (χ1n) is 6.51.